The Labute approximate surface area is 180 Å². The molecule has 0 aliphatic carbocycles. The molecule has 0 spiro atoms. The van der Waals surface area contributed by atoms with Crippen LogP contribution in [0.4, 0.5) is 0 Å². The Kier molecular flexibility index (Phi) is 8.53. The van der Waals surface area contributed by atoms with Gasteiger partial charge in [-0.15, -0.1) is 24.0 Å². The van der Waals surface area contributed by atoms with E-state index in [1.807, 2.05) is 30.5 Å². The molecule has 6 nitrogen and oxygen atoms in total. The summed E-state index contributed by atoms with van der Waals surface area (Å²) in [5.74, 6) is 1.58. The zero-order chi connectivity index (χ0) is 18.2. The first-order valence-corrected chi connectivity index (χ1v) is 8.76. The lowest BCUT2D eigenvalue weighted by Crippen LogP contribution is -2.38. The van der Waals surface area contributed by atoms with E-state index in [4.69, 9.17) is 11.6 Å². The maximum Gasteiger partial charge on any atom is 0.191 e. The average Bonchev–Trinajstić information content (AvgIpc) is 3.16. The number of H-pyrrole nitrogens is 1. The Morgan fingerprint density at radius 1 is 1.07 bits per heavy atom. The fraction of sp³-hybridized carbons (Fsp3) is 0.211. The van der Waals surface area contributed by atoms with Crippen molar-refractivity contribution in [2.24, 2.45) is 4.99 Å². The number of halogens is 2. The molecule has 0 amide bonds. The third kappa shape index (κ3) is 6.51. The number of pyridine rings is 1. The van der Waals surface area contributed by atoms with Crippen LogP contribution in [0.3, 0.4) is 0 Å². The molecule has 1 aromatic carbocycles. The summed E-state index contributed by atoms with van der Waals surface area (Å²) >= 11 is 5.79. The van der Waals surface area contributed by atoms with Gasteiger partial charge in [-0.25, -0.2) is 9.97 Å². The highest BCUT2D eigenvalue weighted by atomic mass is 127. The first-order valence-electron chi connectivity index (χ1n) is 8.39. The third-order valence-electron chi connectivity index (χ3n) is 3.85. The van der Waals surface area contributed by atoms with Gasteiger partial charge in [0.2, 0.25) is 0 Å². The van der Waals surface area contributed by atoms with Crippen LogP contribution in [0.15, 0.2) is 59.9 Å². The lowest BCUT2D eigenvalue weighted by molar-refractivity contribution is 0.772. The molecule has 3 N–H and O–H groups in total. The molecule has 2 heterocycles. The number of hydrogen-bond donors (Lipinski definition) is 3. The largest absolute Gasteiger partial charge is 0.356 e. The quantitative estimate of drug-likeness (QED) is 0.211. The Balaban J connectivity index is 0.00000261. The predicted octanol–water partition coefficient (Wildman–Crippen LogP) is 3.65. The Hall–Kier alpha value is -2.13. The molecule has 0 aliphatic heterocycles. The van der Waals surface area contributed by atoms with Gasteiger partial charge in [0, 0.05) is 19.8 Å². The summed E-state index contributed by atoms with van der Waals surface area (Å²) in [6.45, 7) is 1.31. The number of hydrogen-bond acceptors (Lipinski definition) is 3. The number of benzene rings is 1. The number of rotatable bonds is 6. The fourth-order valence-electron chi connectivity index (χ4n) is 2.48. The first-order chi connectivity index (χ1) is 12.7. The summed E-state index contributed by atoms with van der Waals surface area (Å²) in [5, 5.41) is 7.04. The van der Waals surface area contributed by atoms with Crippen molar-refractivity contribution in [1.29, 1.82) is 0 Å². The normalized spacial score (nSPS) is 11.0. The molecule has 0 unspecified atom stereocenters. The van der Waals surface area contributed by atoms with Crippen molar-refractivity contribution in [3.05, 3.63) is 71.4 Å². The Morgan fingerprint density at radius 3 is 2.59 bits per heavy atom. The van der Waals surface area contributed by atoms with Crippen molar-refractivity contribution < 1.29 is 0 Å². The molecule has 0 aliphatic rings. The van der Waals surface area contributed by atoms with Crippen LogP contribution in [0.2, 0.25) is 5.15 Å². The van der Waals surface area contributed by atoms with E-state index in [1.54, 1.807) is 19.3 Å². The molecule has 0 radical (unpaired) electrons. The zero-order valence-corrected chi connectivity index (χ0v) is 18.0. The number of aromatic nitrogens is 3. The third-order valence-corrected chi connectivity index (χ3v) is 4.08. The summed E-state index contributed by atoms with van der Waals surface area (Å²) in [5.41, 5.74) is 3.24. The van der Waals surface area contributed by atoms with Crippen LogP contribution in [-0.4, -0.2) is 34.5 Å². The van der Waals surface area contributed by atoms with E-state index in [1.165, 1.54) is 0 Å². The number of guanidine groups is 1. The number of aliphatic imine (C=N–C) groups is 1. The van der Waals surface area contributed by atoms with E-state index < -0.39 is 0 Å². The van der Waals surface area contributed by atoms with E-state index in [0.29, 0.717) is 11.7 Å². The van der Waals surface area contributed by atoms with Crippen LogP contribution >= 0.6 is 35.6 Å². The minimum atomic E-state index is 0. The summed E-state index contributed by atoms with van der Waals surface area (Å²) in [6, 6.07) is 13.9. The minimum absolute atomic E-state index is 0. The second-order valence-electron chi connectivity index (χ2n) is 5.70. The molecule has 27 heavy (non-hydrogen) atoms. The van der Waals surface area contributed by atoms with E-state index in [2.05, 4.69) is 42.7 Å². The van der Waals surface area contributed by atoms with Crippen LogP contribution in [0.5, 0.6) is 0 Å². The number of aromatic amines is 1. The molecule has 0 bridgehead atoms. The van der Waals surface area contributed by atoms with Gasteiger partial charge in [0.25, 0.3) is 0 Å². The fourth-order valence-corrected chi connectivity index (χ4v) is 2.60. The second-order valence-corrected chi connectivity index (χ2v) is 6.09. The maximum absolute atomic E-state index is 5.79. The summed E-state index contributed by atoms with van der Waals surface area (Å²) in [7, 11) is 1.75. The van der Waals surface area contributed by atoms with Crippen LogP contribution in [0, 0.1) is 0 Å². The van der Waals surface area contributed by atoms with Crippen LogP contribution in [-0.2, 0) is 13.0 Å². The van der Waals surface area contributed by atoms with Gasteiger partial charge in [0.1, 0.15) is 11.0 Å². The smallest absolute Gasteiger partial charge is 0.191 e. The molecule has 0 fully saturated rings. The summed E-state index contributed by atoms with van der Waals surface area (Å²) in [6.07, 6.45) is 4.47. The van der Waals surface area contributed by atoms with Crippen LogP contribution < -0.4 is 10.6 Å². The molecular formula is C19H22ClIN6. The molecular weight excluding hydrogens is 475 g/mol. The SMILES string of the molecule is CN=C(NCCc1ccc(Cl)nc1)NCc1ncc(-c2ccccc2)[nH]1.I. The topological polar surface area (TPSA) is 78.0 Å². The highest BCUT2D eigenvalue weighted by Crippen LogP contribution is 2.15. The van der Waals surface area contributed by atoms with Crippen molar-refractivity contribution >= 4 is 41.5 Å². The first kappa shape index (κ1) is 21.2. The summed E-state index contributed by atoms with van der Waals surface area (Å²) < 4.78 is 0. The molecule has 0 saturated heterocycles. The predicted molar refractivity (Wildman–Crippen MR) is 121 cm³/mol. The van der Waals surface area contributed by atoms with Gasteiger partial charge in [-0.1, -0.05) is 48.0 Å². The Bertz CT molecular complexity index is 848. The molecule has 2 aromatic heterocycles. The molecule has 8 heteroatoms. The van der Waals surface area contributed by atoms with Crippen LogP contribution in [0.25, 0.3) is 11.3 Å². The van der Waals surface area contributed by atoms with Gasteiger partial charge in [-0.2, -0.15) is 0 Å². The number of imidazole rings is 1. The van der Waals surface area contributed by atoms with Gasteiger partial charge >= 0.3 is 0 Å². The lowest BCUT2D eigenvalue weighted by Gasteiger charge is -2.11. The molecule has 0 atom stereocenters. The van der Waals surface area contributed by atoms with E-state index >= 15 is 0 Å². The number of nitrogens with zero attached hydrogens (tertiary/aromatic N) is 3. The van der Waals surface area contributed by atoms with E-state index in [0.717, 1.165) is 41.6 Å². The van der Waals surface area contributed by atoms with Crippen molar-refractivity contribution in [3.63, 3.8) is 0 Å². The number of nitrogens with one attached hydrogen (secondary N) is 3. The lowest BCUT2D eigenvalue weighted by atomic mass is 10.2. The molecule has 0 saturated carbocycles. The van der Waals surface area contributed by atoms with Crippen molar-refractivity contribution in [3.8, 4) is 11.3 Å². The monoisotopic (exact) mass is 496 g/mol. The Morgan fingerprint density at radius 2 is 1.89 bits per heavy atom. The second kappa shape index (κ2) is 10.9. The molecule has 3 rings (SSSR count). The standard InChI is InChI=1S/C19H21ClN6.HI/c1-21-19(22-10-9-14-7-8-17(20)23-11-14)25-13-18-24-12-16(26-18)15-5-3-2-4-6-15;/h2-8,11-12H,9-10,13H2,1H3,(H,24,26)(H2,21,22,25);1H. The van der Waals surface area contributed by atoms with E-state index in [-0.39, 0.29) is 24.0 Å². The highest BCUT2D eigenvalue weighted by molar-refractivity contribution is 14.0. The highest BCUT2D eigenvalue weighted by Gasteiger charge is 2.04. The minimum Gasteiger partial charge on any atom is -0.356 e. The van der Waals surface area contributed by atoms with Crippen molar-refractivity contribution in [2.45, 2.75) is 13.0 Å². The van der Waals surface area contributed by atoms with Crippen molar-refractivity contribution in [2.75, 3.05) is 13.6 Å². The van der Waals surface area contributed by atoms with E-state index in [9.17, 15) is 0 Å². The van der Waals surface area contributed by atoms with Gasteiger partial charge < -0.3 is 15.6 Å². The van der Waals surface area contributed by atoms with Gasteiger partial charge in [-0.05, 0) is 23.6 Å². The van der Waals surface area contributed by atoms with Gasteiger partial charge in [0.15, 0.2) is 5.96 Å². The van der Waals surface area contributed by atoms with Gasteiger partial charge in [0.05, 0.1) is 18.4 Å². The molecule has 142 valence electrons. The zero-order valence-electron chi connectivity index (χ0n) is 14.9. The van der Waals surface area contributed by atoms with Crippen molar-refractivity contribution in [1.82, 2.24) is 25.6 Å². The summed E-state index contributed by atoms with van der Waals surface area (Å²) in [4.78, 5) is 16.0. The van der Waals surface area contributed by atoms with Crippen LogP contribution in [0.1, 0.15) is 11.4 Å². The molecule has 3 aromatic rings. The maximum atomic E-state index is 5.79. The average molecular weight is 497 g/mol. The van der Waals surface area contributed by atoms with Gasteiger partial charge in [-0.3, -0.25) is 4.99 Å².